The molecule has 1 aliphatic carbocycles. The minimum Gasteiger partial charge on any atom is -0.508 e. The van der Waals surface area contributed by atoms with Crippen molar-refractivity contribution in [1.82, 2.24) is 0 Å². The highest BCUT2D eigenvalue weighted by Gasteiger charge is 2.39. The molecule has 0 saturated carbocycles. The number of hydrogen-bond donors (Lipinski definition) is 3. The van der Waals surface area contributed by atoms with Gasteiger partial charge in [-0.3, -0.25) is 0 Å². The fraction of sp³-hybridized carbons (Fsp3) is 0.286. The maximum absolute atomic E-state index is 9.50. The van der Waals surface area contributed by atoms with Crippen LogP contribution in [0.4, 0.5) is 0 Å². The maximum atomic E-state index is 9.50. The molecule has 0 amide bonds. The van der Waals surface area contributed by atoms with Gasteiger partial charge in [0.15, 0.2) is 0 Å². The van der Waals surface area contributed by atoms with Gasteiger partial charge in [0.05, 0.1) is 11.3 Å². The van der Waals surface area contributed by atoms with E-state index in [9.17, 15) is 5.11 Å². The van der Waals surface area contributed by atoms with Crippen molar-refractivity contribution >= 4 is 5.71 Å². The molecule has 4 N–H and O–H groups in total. The first-order valence-electron chi connectivity index (χ1n) is 6.06. The van der Waals surface area contributed by atoms with Crippen LogP contribution in [0.15, 0.2) is 29.5 Å². The number of nitrogens with one attached hydrogen (secondary N) is 1. The predicted octanol–water partition coefficient (Wildman–Crippen LogP) is 1.47. The molecular weight excluding hydrogens is 242 g/mol. The number of rotatable bonds is 0. The molecule has 96 valence electrons. The topological polar surface area (TPSA) is 103 Å². The summed E-state index contributed by atoms with van der Waals surface area (Å²) in [5.41, 5.74) is 7.63. The second-order valence-corrected chi connectivity index (χ2v) is 4.89. The lowest BCUT2D eigenvalue weighted by molar-refractivity contribution is 0.141. The van der Waals surface area contributed by atoms with Crippen molar-refractivity contribution in [2.24, 2.45) is 11.7 Å². The van der Waals surface area contributed by atoms with Crippen LogP contribution >= 0.6 is 0 Å². The Balaban J connectivity index is 2.00. The Morgan fingerprint density at radius 2 is 2.21 bits per heavy atom. The van der Waals surface area contributed by atoms with Crippen molar-refractivity contribution in [3.8, 4) is 17.6 Å². The molecule has 2 atom stereocenters. The number of hydrogen-bond acceptors (Lipinski definition) is 5. The van der Waals surface area contributed by atoms with Crippen molar-refractivity contribution in [3.05, 3.63) is 35.0 Å². The SMILES string of the molecule is N#CC1=C(N)CC2Oc3ccc(O)cc3CC2C1=N. The minimum atomic E-state index is -0.193. The van der Waals surface area contributed by atoms with E-state index in [0.717, 1.165) is 11.3 Å². The third-order valence-electron chi connectivity index (χ3n) is 3.71. The van der Waals surface area contributed by atoms with E-state index in [4.69, 9.17) is 21.1 Å². The number of fused-ring (bicyclic) bond motifs is 2. The second-order valence-electron chi connectivity index (χ2n) is 4.89. The van der Waals surface area contributed by atoms with Crippen molar-refractivity contribution in [3.63, 3.8) is 0 Å². The van der Waals surface area contributed by atoms with Crippen LogP contribution in [-0.4, -0.2) is 16.9 Å². The van der Waals surface area contributed by atoms with Gasteiger partial charge in [0.25, 0.3) is 0 Å². The summed E-state index contributed by atoms with van der Waals surface area (Å²) in [5.74, 6) is 0.731. The average Bonchev–Trinajstić information content (AvgIpc) is 2.38. The van der Waals surface area contributed by atoms with Gasteiger partial charge in [-0.1, -0.05) is 0 Å². The molecule has 1 aromatic carbocycles. The molecule has 1 heterocycles. The molecular formula is C14H13N3O2. The maximum Gasteiger partial charge on any atom is 0.123 e. The molecule has 0 saturated heterocycles. The smallest absolute Gasteiger partial charge is 0.123 e. The Kier molecular flexibility index (Phi) is 2.46. The Bertz CT molecular complexity index is 643. The van der Waals surface area contributed by atoms with Crippen LogP contribution in [0.25, 0.3) is 0 Å². The fourth-order valence-electron chi connectivity index (χ4n) is 2.74. The Morgan fingerprint density at radius 1 is 1.42 bits per heavy atom. The van der Waals surface area contributed by atoms with E-state index >= 15 is 0 Å². The lowest BCUT2D eigenvalue weighted by atomic mass is 9.78. The largest absolute Gasteiger partial charge is 0.508 e. The summed E-state index contributed by atoms with van der Waals surface area (Å²) in [4.78, 5) is 0. The van der Waals surface area contributed by atoms with Gasteiger partial charge in [0.2, 0.25) is 0 Å². The summed E-state index contributed by atoms with van der Waals surface area (Å²) >= 11 is 0. The van der Waals surface area contributed by atoms with Crippen LogP contribution in [0.3, 0.4) is 0 Å². The molecule has 5 heteroatoms. The van der Waals surface area contributed by atoms with Gasteiger partial charge in [0, 0.05) is 18.0 Å². The summed E-state index contributed by atoms with van der Waals surface area (Å²) in [5, 5.41) is 26.6. The monoisotopic (exact) mass is 255 g/mol. The summed E-state index contributed by atoms with van der Waals surface area (Å²) in [6.07, 6.45) is 0.865. The lowest BCUT2D eigenvalue weighted by Crippen LogP contribution is -2.43. The van der Waals surface area contributed by atoms with Crippen LogP contribution in [0, 0.1) is 22.7 Å². The molecule has 0 fully saturated rings. The summed E-state index contributed by atoms with van der Waals surface area (Å²) in [6.45, 7) is 0. The van der Waals surface area contributed by atoms with Gasteiger partial charge in [-0.25, -0.2) is 0 Å². The van der Waals surface area contributed by atoms with E-state index in [2.05, 4.69) is 0 Å². The number of aromatic hydroxyl groups is 1. The Labute approximate surface area is 110 Å². The quantitative estimate of drug-likeness (QED) is 0.653. The highest BCUT2D eigenvalue weighted by atomic mass is 16.5. The van der Waals surface area contributed by atoms with Gasteiger partial charge >= 0.3 is 0 Å². The molecule has 0 radical (unpaired) electrons. The lowest BCUT2D eigenvalue weighted by Gasteiger charge is -2.37. The third kappa shape index (κ3) is 1.73. The van der Waals surface area contributed by atoms with Crippen LogP contribution in [-0.2, 0) is 6.42 Å². The van der Waals surface area contributed by atoms with E-state index in [-0.39, 0.29) is 29.1 Å². The summed E-state index contributed by atoms with van der Waals surface area (Å²) in [6, 6.07) is 6.95. The molecule has 5 nitrogen and oxygen atoms in total. The Morgan fingerprint density at radius 3 is 2.95 bits per heavy atom. The zero-order valence-electron chi connectivity index (χ0n) is 10.2. The van der Waals surface area contributed by atoms with Gasteiger partial charge in [-0.2, -0.15) is 5.26 Å². The molecule has 1 aromatic rings. The first-order valence-corrected chi connectivity index (χ1v) is 6.06. The zero-order chi connectivity index (χ0) is 13.6. The van der Waals surface area contributed by atoms with Crippen molar-refractivity contribution in [1.29, 1.82) is 10.7 Å². The third-order valence-corrected chi connectivity index (χ3v) is 3.71. The predicted molar refractivity (Wildman–Crippen MR) is 68.9 cm³/mol. The number of nitrogens with two attached hydrogens (primary N) is 1. The molecule has 3 rings (SSSR count). The van der Waals surface area contributed by atoms with Crippen LogP contribution in [0.2, 0.25) is 0 Å². The van der Waals surface area contributed by atoms with Crippen molar-refractivity contribution in [2.45, 2.75) is 18.9 Å². The van der Waals surface area contributed by atoms with Crippen molar-refractivity contribution < 1.29 is 9.84 Å². The zero-order valence-corrected chi connectivity index (χ0v) is 10.2. The van der Waals surface area contributed by atoms with Crippen molar-refractivity contribution in [2.75, 3.05) is 0 Å². The number of ether oxygens (including phenoxy) is 1. The molecule has 0 spiro atoms. The number of benzene rings is 1. The molecule has 0 aromatic heterocycles. The number of phenolic OH excluding ortho intramolecular Hbond substituents is 1. The van der Waals surface area contributed by atoms with Gasteiger partial charge in [-0.05, 0) is 30.2 Å². The standard InChI is InChI=1S/C14H13N3O2/c15-6-10-11(16)5-13-9(14(10)17)4-7-3-8(18)1-2-12(7)19-13/h1-3,9,13,17-18H,4-5,16H2. The summed E-state index contributed by atoms with van der Waals surface area (Å²) in [7, 11) is 0. The van der Waals surface area contributed by atoms with E-state index in [1.54, 1.807) is 18.2 Å². The normalized spacial score (nSPS) is 25.1. The Hall–Kier alpha value is -2.48. The van der Waals surface area contributed by atoms with Gasteiger partial charge in [-0.15, -0.1) is 0 Å². The molecule has 1 aliphatic heterocycles. The highest BCUT2D eigenvalue weighted by molar-refractivity contribution is 6.05. The fourth-order valence-corrected chi connectivity index (χ4v) is 2.74. The van der Waals surface area contributed by atoms with Crippen LogP contribution < -0.4 is 10.5 Å². The van der Waals surface area contributed by atoms with Gasteiger partial charge < -0.3 is 21.0 Å². The van der Waals surface area contributed by atoms with Crippen LogP contribution in [0.1, 0.15) is 12.0 Å². The minimum absolute atomic E-state index is 0.170. The molecule has 19 heavy (non-hydrogen) atoms. The van der Waals surface area contributed by atoms with E-state index < -0.39 is 0 Å². The van der Waals surface area contributed by atoms with E-state index in [0.29, 0.717) is 18.5 Å². The van der Waals surface area contributed by atoms with E-state index in [1.807, 2.05) is 6.07 Å². The first-order chi connectivity index (χ1) is 9.10. The average molecular weight is 255 g/mol. The highest BCUT2D eigenvalue weighted by Crippen LogP contribution is 2.38. The number of allylic oxidation sites excluding steroid dienone is 1. The molecule has 2 unspecified atom stereocenters. The van der Waals surface area contributed by atoms with Gasteiger partial charge in [0.1, 0.15) is 23.7 Å². The van der Waals surface area contributed by atoms with E-state index in [1.165, 1.54) is 0 Å². The summed E-state index contributed by atoms with van der Waals surface area (Å²) < 4.78 is 5.85. The number of phenols is 1. The number of nitrogens with zero attached hydrogens (tertiary/aromatic N) is 1. The molecule has 0 bridgehead atoms. The number of nitriles is 1. The van der Waals surface area contributed by atoms with Crippen LogP contribution in [0.5, 0.6) is 11.5 Å². The molecule has 2 aliphatic rings. The first kappa shape index (κ1) is 11.6. The second kappa shape index (κ2) is 4.02.